The van der Waals surface area contributed by atoms with Crippen molar-refractivity contribution in [2.24, 2.45) is 0 Å². The highest BCUT2D eigenvalue weighted by Gasteiger charge is 2.37. The molecule has 204 valence electrons. The summed E-state index contributed by atoms with van der Waals surface area (Å²) in [6.45, 7) is 6.83. The Hall–Kier alpha value is -4.35. The lowest BCUT2D eigenvalue weighted by Gasteiger charge is -2.26. The Bertz CT molecular complexity index is 1510. The summed E-state index contributed by atoms with van der Waals surface area (Å²) >= 11 is 0. The Morgan fingerprint density at radius 3 is 2.49 bits per heavy atom. The molecule has 0 radical (unpaired) electrons. The number of alkyl halides is 3. The number of carbonyl (C=O) groups excluding carboxylic acids is 1. The Labute approximate surface area is 223 Å². The predicted octanol–water partition coefficient (Wildman–Crippen LogP) is 6.22. The SMILES string of the molecule is C[C@H](Nc1nc(Nc2cccc3c2N(C(=O)OC(C)(C)C)CC3)nc2c1cnn2-c1ccccc1)C(F)(F)F. The van der Waals surface area contributed by atoms with E-state index in [4.69, 9.17) is 4.74 Å². The highest BCUT2D eigenvalue weighted by Crippen LogP contribution is 2.38. The molecule has 0 spiro atoms. The number of carbonyl (C=O) groups is 1. The van der Waals surface area contributed by atoms with Crippen molar-refractivity contribution in [2.75, 3.05) is 22.1 Å². The van der Waals surface area contributed by atoms with Gasteiger partial charge >= 0.3 is 12.3 Å². The first-order chi connectivity index (χ1) is 18.4. The lowest BCUT2D eigenvalue weighted by atomic mass is 10.1. The van der Waals surface area contributed by atoms with Gasteiger partial charge in [0.1, 0.15) is 17.5 Å². The van der Waals surface area contributed by atoms with Crippen LogP contribution in [0.1, 0.15) is 33.3 Å². The van der Waals surface area contributed by atoms with Gasteiger partial charge in [-0.3, -0.25) is 4.90 Å². The number of nitrogens with zero attached hydrogens (tertiary/aromatic N) is 5. The van der Waals surface area contributed by atoms with E-state index in [1.807, 2.05) is 42.5 Å². The fourth-order valence-corrected chi connectivity index (χ4v) is 4.30. The largest absolute Gasteiger partial charge is 0.443 e. The molecule has 2 N–H and O–H groups in total. The van der Waals surface area contributed by atoms with Crippen molar-refractivity contribution in [1.29, 1.82) is 0 Å². The molecule has 0 saturated carbocycles. The van der Waals surface area contributed by atoms with Crippen molar-refractivity contribution in [1.82, 2.24) is 19.7 Å². The molecular weight excluding hydrogens is 511 g/mol. The van der Waals surface area contributed by atoms with Crippen molar-refractivity contribution < 1.29 is 22.7 Å². The van der Waals surface area contributed by atoms with Crippen molar-refractivity contribution in [3.05, 3.63) is 60.3 Å². The summed E-state index contributed by atoms with van der Waals surface area (Å²) in [5, 5.41) is 10.3. The number of halogens is 3. The zero-order valence-corrected chi connectivity index (χ0v) is 21.9. The second kappa shape index (κ2) is 9.75. The number of anilines is 4. The topological polar surface area (TPSA) is 97.2 Å². The van der Waals surface area contributed by atoms with Gasteiger partial charge in [-0.1, -0.05) is 30.3 Å². The number of fused-ring (bicyclic) bond motifs is 2. The average Bonchev–Trinajstić information content (AvgIpc) is 3.48. The molecule has 0 bridgehead atoms. The molecule has 4 aromatic rings. The van der Waals surface area contributed by atoms with E-state index >= 15 is 0 Å². The number of para-hydroxylation sites is 2. The van der Waals surface area contributed by atoms with Gasteiger partial charge in [0.05, 0.1) is 28.6 Å². The van der Waals surface area contributed by atoms with Crippen molar-refractivity contribution in [3.8, 4) is 5.69 Å². The molecule has 1 aliphatic rings. The summed E-state index contributed by atoms with van der Waals surface area (Å²) < 4.78 is 47.5. The van der Waals surface area contributed by atoms with Crippen molar-refractivity contribution in [3.63, 3.8) is 0 Å². The molecule has 2 aromatic carbocycles. The average molecular weight is 540 g/mol. The minimum Gasteiger partial charge on any atom is -0.443 e. The monoisotopic (exact) mass is 539 g/mol. The van der Waals surface area contributed by atoms with Crippen LogP contribution in [0.4, 0.5) is 41.1 Å². The highest BCUT2D eigenvalue weighted by molar-refractivity contribution is 5.96. The van der Waals surface area contributed by atoms with Gasteiger partial charge in [0.25, 0.3) is 0 Å². The number of ether oxygens (including phenoxy) is 1. The van der Waals surface area contributed by atoms with E-state index in [0.29, 0.717) is 41.1 Å². The van der Waals surface area contributed by atoms with Crippen LogP contribution in [-0.2, 0) is 11.2 Å². The number of hydrogen-bond donors (Lipinski definition) is 2. The minimum absolute atomic E-state index is 0.0221. The maximum Gasteiger partial charge on any atom is 0.414 e. The Morgan fingerprint density at radius 1 is 1.05 bits per heavy atom. The quantitative estimate of drug-likeness (QED) is 0.311. The number of nitrogens with one attached hydrogen (secondary N) is 2. The van der Waals surface area contributed by atoms with E-state index in [2.05, 4.69) is 25.7 Å². The zero-order chi connectivity index (χ0) is 27.9. The molecule has 9 nitrogen and oxygen atoms in total. The van der Waals surface area contributed by atoms with Crippen LogP contribution >= 0.6 is 0 Å². The summed E-state index contributed by atoms with van der Waals surface area (Å²) in [5.74, 6) is 0.0209. The first kappa shape index (κ1) is 26.3. The van der Waals surface area contributed by atoms with Crippen molar-refractivity contribution in [2.45, 2.75) is 51.9 Å². The van der Waals surface area contributed by atoms with Crippen LogP contribution in [0, 0.1) is 0 Å². The van der Waals surface area contributed by atoms with Gasteiger partial charge in [-0.25, -0.2) is 9.48 Å². The van der Waals surface area contributed by atoms with Crippen LogP contribution in [0.2, 0.25) is 0 Å². The van der Waals surface area contributed by atoms with Crippen LogP contribution in [-0.4, -0.2) is 50.2 Å². The molecule has 1 amide bonds. The van der Waals surface area contributed by atoms with E-state index in [9.17, 15) is 18.0 Å². The van der Waals surface area contributed by atoms with E-state index in [-0.39, 0.29) is 11.8 Å². The summed E-state index contributed by atoms with van der Waals surface area (Å²) in [6, 6.07) is 12.8. The molecule has 1 atom stereocenters. The number of hydrogen-bond acceptors (Lipinski definition) is 7. The molecule has 5 rings (SSSR count). The zero-order valence-electron chi connectivity index (χ0n) is 21.9. The Balaban J connectivity index is 1.58. The van der Waals surface area contributed by atoms with Crippen LogP contribution in [0.25, 0.3) is 16.7 Å². The van der Waals surface area contributed by atoms with E-state index in [0.717, 1.165) is 12.5 Å². The van der Waals surface area contributed by atoms with Gasteiger partial charge < -0.3 is 15.4 Å². The summed E-state index contributed by atoms with van der Waals surface area (Å²) in [4.78, 5) is 23.5. The molecule has 3 heterocycles. The molecular formula is C27H28F3N7O2. The van der Waals surface area contributed by atoms with E-state index in [1.165, 1.54) is 10.9 Å². The maximum absolute atomic E-state index is 13.4. The molecule has 1 aliphatic heterocycles. The predicted molar refractivity (Wildman–Crippen MR) is 143 cm³/mol. The highest BCUT2D eigenvalue weighted by atomic mass is 19.4. The summed E-state index contributed by atoms with van der Waals surface area (Å²) in [7, 11) is 0. The lowest BCUT2D eigenvalue weighted by Crippen LogP contribution is -2.36. The van der Waals surface area contributed by atoms with Crippen molar-refractivity contribution >= 4 is 40.3 Å². The van der Waals surface area contributed by atoms with Gasteiger partial charge in [0, 0.05) is 6.54 Å². The number of amides is 1. The maximum atomic E-state index is 13.4. The van der Waals surface area contributed by atoms with Crippen LogP contribution in [0.3, 0.4) is 0 Å². The van der Waals surface area contributed by atoms with Crippen LogP contribution in [0.15, 0.2) is 54.7 Å². The molecule has 2 aromatic heterocycles. The van der Waals surface area contributed by atoms with Gasteiger partial charge in [0.15, 0.2) is 5.65 Å². The van der Waals surface area contributed by atoms with Gasteiger partial charge in [-0.05, 0) is 57.9 Å². The molecule has 12 heteroatoms. The van der Waals surface area contributed by atoms with E-state index < -0.39 is 23.9 Å². The number of aromatic nitrogens is 4. The second-order valence-electron chi connectivity index (χ2n) is 10.3. The van der Waals surface area contributed by atoms with Gasteiger partial charge in [-0.2, -0.15) is 28.2 Å². The Kier molecular flexibility index (Phi) is 6.57. The Morgan fingerprint density at radius 2 is 1.79 bits per heavy atom. The van der Waals surface area contributed by atoms with Gasteiger partial charge in [-0.15, -0.1) is 0 Å². The fourth-order valence-electron chi connectivity index (χ4n) is 4.30. The number of benzene rings is 2. The standard InChI is InChI=1S/C27H28F3N7O2/c1-16(27(28,29)30)32-22-19-15-31-37(18-10-6-5-7-11-18)23(19)35-24(34-22)33-20-12-8-9-17-13-14-36(21(17)20)25(38)39-26(2,3)4/h5-12,15-16H,13-14H2,1-4H3,(H2,32,33,34,35)/t16-/m0/s1. The van der Waals surface area contributed by atoms with Crippen LogP contribution in [0.5, 0.6) is 0 Å². The third-order valence-electron chi connectivity index (χ3n) is 6.13. The normalized spacial score (nSPS) is 14.3. The first-order valence-electron chi connectivity index (χ1n) is 12.4. The first-order valence-corrected chi connectivity index (χ1v) is 12.4. The smallest absolute Gasteiger partial charge is 0.414 e. The fraction of sp³-hybridized carbons (Fsp3) is 0.333. The van der Waals surface area contributed by atoms with Gasteiger partial charge in [0.2, 0.25) is 5.95 Å². The molecule has 0 aliphatic carbocycles. The second-order valence-corrected chi connectivity index (χ2v) is 10.3. The molecule has 0 saturated heterocycles. The molecule has 0 unspecified atom stereocenters. The lowest BCUT2D eigenvalue weighted by molar-refractivity contribution is -0.138. The third-order valence-corrected chi connectivity index (χ3v) is 6.13. The summed E-state index contributed by atoms with van der Waals surface area (Å²) in [5.41, 5.74) is 2.38. The molecule has 0 fully saturated rings. The third kappa shape index (κ3) is 5.45. The number of rotatable bonds is 5. The minimum atomic E-state index is -4.49. The van der Waals surface area contributed by atoms with Crippen LogP contribution < -0.4 is 15.5 Å². The van der Waals surface area contributed by atoms with E-state index in [1.54, 1.807) is 31.7 Å². The molecule has 39 heavy (non-hydrogen) atoms. The summed E-state index contributed by atoms with van der Waals surface area (Å²) in [6.07, 6.45) is -2.92.